The van der Waals surface area contributed by atoms with E-state index in [0.29, 0.717) is 5.54 Å². The molecule has 3 unspecified atom stereocenters. The van der Waals surface area contributed by atoms with Crippen LogP contribution in [0.1, 0.15) is 16.9 Å². The van der Waals surface area contributed by atoms with Crippen LogP contribution in [0.4, 0.5) is 0 Å². The Labute approximate surface area is 93.6 Å². The molecule has 2 nitrogen and oxygen atoms in total. The molecule has 0 amide bonds. The molecule has 80 valence electrons. The van der Waals surface area contributed by atoms with Crippen molar-refractivity contribution in [2.75, 3.05) is 19.8 Å². The van der Waals surface area contributed by atoms with Crippen molar-refractivity contribution in [3.05, 3.63) is 21.9 Å². The van der Waals surface area contributed by atoms with E-state index in [9.17, 15) is 0 Å². The number of rotatable bonds is 0. The number of ether oxygens (including phenoxy) is 1. The molecule has 3 aliphatic rings. The maximum Gasteiger partial charge on any atom is 0.0589 e. The molecule has 3 heteroatoms. The van der Waals surface area contributed by atoms with Crippen molar-refractivity contribution in [3.8, 4) is 0 Å². The molecule has 1 N–H and O–H groups in total. The van der Waals surface area contributed by atoms with Gasteiger partial charge < -0.3 is 10.1 Å². The van der Waals surface area contributed by atoms with Gasteiger partial charge in [-0.15, -0.1) is 11.3 Å². The molecule has 0 aromatic carbocycles. The van der Waals surface area contributed by atoms with E-state index in [-0.39, 0.29) is 0 Å². The summed E-state index contributed by atoms with van der Waals surface area (Å²) < 4.78 is 5.62. The summed E-state index contributed by atoms with van der Waals surface area (Å²) in [6.45, 7) is 3.11. The minimum absolute atomic E-state index is 0.308. The first-order chi connectivity index (χ1) is 7.40. The number of fused-ring (bicyclic) bond motifs is 4. The molecule has 1 saturated heterocycles. The first-order valence-corrected chi connectivity index (χ1v) is 6.68. The van der Waals surface area contributed by atoms with Crippen LogP contribution in [0.2, 0.25) is 0 Å². The Hall–Kier alpha value is -0.380. The van der Waals surface area contributed by atoms with Crippen molar-refractivity contribution in [2.45, 2.75) is 18.4 Å². The van der Waals surface area contributed by atoms with E-state index in [1.54, 1.807) is 10.4 Å². The highest BCUT2D eigenvalue weighted by molar-refractivity contribution is 7.10. The molecule has 1 aliphatic carbocycles. The molecule has 4 rings (SSSR count). The summed E-state index contributed by atoms with van der Waals surface area (Å²) in [7, 11) is 0. The predicted octanol–water partition coefficient (Wildman–Crippen LogP) is 1.76. The van der Waals surface area contributed by atoms with Crippen LogP contribution < -0.4 is 5.32 Å². The zero-order valence-corrected chi connectivity index (χ0v) is 9.48. The van der Waals surface area contributed by atoms with Crippen molar-refractivity contribution < 1.29 is 4.74 Å². The summed E-state index contributed by atoms with van der Waals surface area (Å²) in [5, 5.41) is 6.03. The Morgan fingerprint density at radius 2 is 2.47 bits per heavy atom. The second kappa shape index (κ2) is 2.84. The Morgan fingerprint density at radius 3 is 3.40 bits per heavy atom. The highest BCUT2D eigenvalue weighted by Crippen LogP contribution is 2.56. The monoisotopic (exact) mass is 221 g/mol. The zero-order chi connectivity index (χ0) is 9.88. The summed E-state index contributed by atoms with van der Waals surface area (Å²) in [6, 6.07) is 2.31. The molecule has 3 heterocycles. The fourth-order valence-electron chi connectivity index (χ4n) is 3.64. The van der Waals surface area contributed by atoms with E-state index in [4.69, 9.17) is 4.74 Å². The largest absolute Gasteiger partial charge is 0.381 e. The Bertz CT molecular complexity index is 402. The third-order valence-corrected chi connectivity index (χ3v) is 5.54. The number of nitrogens with one attached hydrogen (secondary N) is 1. The van der Waals surface area contributed by atoms with Gasteiger partial charge in [-0.25, -0.2) is 0 Å². The molecule has 3 atom stereocenters. The highest BCUT2D eigenvalue weighted by atomic mass is 32.1. The molecule has 0 radical (unpaired) electrons. The van der Waals surface area contributed by atoms with Crippen LogP contribution in [-0.2, 0) is 16.7 Å². The van der Waals surface area contributed by atoms with Gasteiger partial charge in [0, 0.05) is 23.9 Å². The summed E-state index contributed by atoms with van der Waals surface area (Å²) in [6.07, 6.45) is 2.50. The lowest BCUT2D eigenvalue weighted by molar-refractivity contribution is 0.0358. The topological polar surface area (TPSA) is 21.3 Å². The van der Waals surface area contributed by atoms with Crippen LogP contribution >= 0.6 is 11.3 Å². The first kappa shape index (κ1) is 8.74. The highest BCUT2D eigenvalue weighted by Gasteiger charge is 2.58. The fourth-order valence-corrected chi connectivity index (χ4v) is 4.84. The van der Waals surface area contributed by atoms with Crippen molar-refractivity contribution in [3.63, 3.8) is 0 Å². The Balaban J connectivity index is 1.80. The predicted molar refractivity (Wildman–Crippen MR) is 60.1 cm³/mol. The van der Waals surface area contributed by atoms with Crippen molar-refractivity contribution in [2.24, 2.45) is 11.8 Å². The van der Waals surface area contributed by atoms with Crippen LogP contribution in [-0.4, -0.2) is 19.8 Å². The molecule has 1 aromatic heterocycles. The van der Waals surface area contributed by atoms with E-state index >= 15 is 0 Å². The van der Waals surface area contributed by atoms with Crippen molar-refractivity contribution >= 4 is 11.3 Å². The van der Waals surface area contributed by atoms with Gasteiger partial charge in [0.25, 0.3) is 0 Å². The molecule has 15 heavy (non-hydrogen) atoms. The quantitative estimate of drug-likeness (QED) is 0.720. The van der Waals surface area contributed by atoms with Crippen LogP contribution in [0.5, 0.6) is 0 Å². The molecule has 2 fully saturated rings. The molecule has 1 aromatic rings. The molecule has 1 saturated carbocycles. The van der Waals surface area contributed by atoms with Crippen LogP contribution in [0.3, 0.4) is 0 Å². The summed E-state index contributed by atoms with van der Waals surface area (Å²) in [5.41, 5.74) is 1.90. The summed E-state index contributed by atoms with van der Waals surface area (Å²) in [4.78, 5) is 1.61. The van der Waals surface area contributed by atoms with E-state index in [0.717, 1.165) is 31.6 Å². The lowest BCUT2D eigenvalue weighted by Gasteiger charge is -2.53. The van der Waals surface area contributed by atoms with Gasteiger partial charge in [0.2, 0.25) is 0 Å². The first-order valence-electron chi connectivity index (χ1n) is 5.80. The fraction of sp³-hybridized carbons (Fsp3) is 0.667. The zero-order valence-electron chi connectivity index (χ0n) is 8.66. The lowest BCUT2D eigenvalue weighted by atomic mass is 9.58. The van der Waals surface area contributed by atoms with Crippen LogP contribution in [0.15, 0.2) is 11.4 Å². The third kappa shape index (κ3) is 0.967. The number of hydrogen-bond acceptors (Lipinski definition) is 3. The average Bonchev–Trinajstić information content (AvgIpc) is 2.82. The van der Waals surface area contributed by atoms with Crippen molar-refractivity contribution in [1.82, 2.24) is 5.32 Å². The molecule has 2 aliphatic heterocycles. The van der Waals surface area contributed by atoms with Gasteiger partial charge in [-0.3, -0.25) is 0 Å². The van der Waals surface area contributed by atoms with E-state index in [1.165, 1.54) is 12.8 Å². The van der Waals surface area contributed by atoms with Gasteiger partial charge in [0.15, 0.2) is 0 Å². The van der Waals surface area contributed by atoms with E-state index in [1.807, 2.05) is 11.3 Å². The van der Waals surface area contributed by atoms with E-state index < -0.39 is 0 Å². The summed E-state index contributed by atoms with van der Waals surface area (Å²) >= 11 is 1.94. The van der Waals surface area contributed by atoms with Gasteiger partial charge in [0.05, 0.1) is 12.1 Å². The van der Waals surface area contributed by atoms with Gasteiger partial charge in [-0.1, -0.05) is 0 Å². The SMILES string of the molecule is c1cc2c(s1)C1(CC3COCC31)NCC2. The van der Waals surface area contributed by atoms with Crippen LogP contribution in [0, 0.1) is 11.8 Å². The maximum atomic E-state index is 5.62. The molecular weight excluding hydrogens is 206 g/mol. The van der Waals surface area contributed by atoms with Gasteiger partial charge in [-0.2, -0.15) is 0 Å². The molecule has 0 bridgehead atoms. The molecular formula is C12H15NOS. The average molecular weight is 221 g/mol. The van der Waals surface area contributed by atoms with Gasteiger partial charge in [0.1, 0.15) is 0 Å². The molecule has 1 spiro atoms. The van der Waals surface area contributed by atoms with Crippen molar-refractivity contribution in [1.29, 1.82) is 0 Å². The Kier molecular flexibility index (Phi) is 1.66. The maximum absolute atomic E-state index is 5.62. The third-order valence-electron chi connectivity index (χ3n) is 4.40. The Morgan fingerprint density at radius 1 is 1.47 bits per heavy atom. The lowest BCUT2D eigenvalue weighted by Crippen LogP contribution is -2.61. The van der Waals surface area contributed by atoms with E-state index in [2.05, 4.69) is 16.8 Å². The number of hydrogen-bond donors (Lipinski definition) is 1. The van der Waals surface area contributed by atoms with Gasteiger partial charge >= 0.3 is 0 Å². The second-order valence-electron chi connectivity index (χ2n) is 5.03. The van der Waals surface area contributed by atoms with Gasteiger partial charge in [-0.05, 0) is 35.8 Å². The van der Waals surface area contributed by atoms with Crippen LogP contribution in [0.25, 0.3) is 0 Å². The summed E-state index contributed by atoms with van der Waals surface area (Å²) in [5.74, 6) is 1.57. The minimum atomic E-state index is 0.308. The minimum Gasteiger partial charge on any atom is -0.381 e. The standard InChI is InChI=1S/C12H15NOS/c1-3-13-12(11-8(1)2-4-15-11)5-9-6-14-7-10(9)12/h2,4,9-10,13H,1,3,5-7H2. The normalized spacial score (nSPS) is 42.4. The smallest absolute Gasteiger partial charge is 0.0589 e. The number of thiophene rings is 1. The second-order valence-corrected chi connectivity index (χ2v) is 5.95.